The second kappa shape index (κ2) is 5.00. The number of H-pyrrole nitrogens is 1. The molecule has 21 heavy (non-hydrogen) atoms. The van der Waals surface area contributed by atoms with Gasteiger partial charge >= 0.3 is 0 Å². The molecule has 110 valence electrons. The van der Waals surface area contributed by atoms with E-state index in [1.807, 2.05) is 13.0 Å². The largest absolute Gasteiger partial charge is 0.337 e. The molecular formula is C12H15N7O2. The van der Waals surface area contributed by atoms with Gasteiger partial charge in [0.15, 0.2) is 0 Å². The van der Waals surface area contributed by atoms with Crippen LogP contribution in [-0.2, 0) is 11.3 Å². The Balaban J connectivity index is 1.78. The van der Waals surface area contributed by atoms with E-state index < -0.39 is 11.9 Å². The third-order valence-electron chi connectivity index (χ3n) is 3.41. The number of nitrogens with zero attached hydrogens (tertiary/aromatic N) is 5. The van der Waals surface area contributed by atoms with E-state index in [1.165, 1.54) is 11.2 Å². The van der Waals surface area contributed by atoms with Crippen molar-refractivity contribution >= 4 is 17.6 Å². The first-order chi connectivity index (χ1) is 10.1. The second-order valence-corrected chi connectivity index (χ2v) is 4.90. The summed E-state index contributed by atoms with van der Waals surface area (Å²) in [6, 6.07) is 1.22. The van der Waals surface area contributed by atoms with Gasteiger partial charge in [-0.25, -0.2) is 9.67 Å². The molecule has 2 aromatic rings. The number of aromatic nitrogens is 5. The van der Waals surface area contributed by atoms with Crippen molar-refractivity contribution in [1.82, 2.24) is 30.3 Å². The molecule has 1 aliphatic rings. The summed E-state index contributed by atoms with van der Waals surface area (Å²) < 4.78 is 1.77. The van der Waals surface area contributed by atoms with Crippen molar-refractivity contribution < 1.29 is 9.59 Å². The lowest BCUT2D eigenvalue weighted by molar-refractivity contribution is -0.120. The SMILES string of the molecule is Cc1cc2n(n1)CC[C@H](NC(=O)c1nc[nH]n1)C(=O)N2C. The highest BCUT2D eigenvalue weighted by atomic mass is 16.2. The minimum atomic E-state index is -0.622. The van der Waals surface area contributed by atoms with Crippen LogP contribution in [-0.4, -0.2) is 49.9 Å². The Bertz CT molecular complexity index is 676. The summed E-state index contributed by atoms with van der Waals surface area (Å²) in [4.78, 5) is 29.7. The van der Waals surface area contributed by atoms with E-state index in [0.29, 0.717) is 13.0 Å². The molecule has 0 saturated carbocycles. The number of nitrogens with one attached hydrogen (secondary N) is 2. The Kier molecular flexibility index (Phi) is 3.16. The van der Waals surface area contributed by atoms with E-state index in [4.69, 9.17) is 0 Å². The first kappa shape index (κ1) is 13.3. The van der Waals surface area contributed by atoms with Gasteiger partial charge in [-0.1, -0.05) is 0 Å². The third kappa shape index (κ3) is 2.37. The maximum atomic E-state index is 12.4. The maximum Gasteiger partial charge on any atom is 0.291 e. The lowest BCUT2D eigenvalue weighted by Gasteiger charge is -2.19. The van der Waals surface area contributed by atoms with Crippen LogP contribution in [0.3, 0.4) is 0 Å². The van der Waals surface area contributed by atoms with Gasteiger partial charge in [-0.2, -0.15) is 5.10 Å². The average Bonchev–Trinajstić information content (AvgIpc) is 3.09. The van der Waals surface area contributed by atoms with Gasteiger partial charge in [-0.3, -0.25) is 19.6 Å². The summed E-state index contributed by atoms with van der Waals surface area (Å²) in [6.07, 6.45) is 1.78. The van der Waals surface area contributed by atoms with Crippen LogP contribution in [0.1, 0.15) is 22.7 Å². The zero-order valence-corrected chi connectivity index (χ0v) is 11.7. The molecule has 1 atom stereocenters. The van der Waals surface area contributed by atoms with Crippen LogP contribution < -0.4 is 10.2 Å². The standard InChI is InChI=1S/C12H15N7O2/c1-7-5-9-18(2)12(21)8(3-4-19(9)17-7)15-11(20)10-13-6-14-16-10/h5-6,8H,3-4H2,1-2H3,(H,15,20)(H,13,14,16)/t8-/m0/s1. The smallest absolute Gasteiger partial charge is 0.291 e. The van der Waals surface area contributed by atoms with Crippen LogP contribution in [0.25, 0.3) is 0 Å². The fraction of sp³-hybridized carbons (Fsp3) is 0.417. The predicted molar refractivity (Wildman–Crippen MR) is 72.6 cm³/mol. The maximum absolute atomic E-state index is 12.4. The van der Waals surface area contributed by atoms with Gasteiger partial charge < -0.3 is 5.32 Å². The Morgan fingerprint density at radius 2 is 2.33 bits per heavy atom. The molecule has 0 saturated heterocycles. The van der Waals surface area contributed by atoms with Crippen LogP contribution in [0, 0.1) is 6.92 Å². The molecule has 0 fully saturated rings. The van der Waals surface area contributed by atoms with Gasteiger partial charge in [-0.15, -0.1) is 5.10 Å². The molecule has 3 rings (SSSR count). The van der Waals surface area contributed by atoms with E-state index in [0.717, 1.165) is 11.5 Å². The Labute approximate surface area is 120 Å². The summed E-state index contributed by atoms with van der Waals surface area (Å²) in [6.45, 7) is 2.43. The third-order valence-corrected chi connectivity index (χ3v) is 3.41. The number of hydrogen-bond acceptors (Lipinski definition) is 5. The highest BCUT2D eigenvalue weighted by Crippen LogP contribution is 2.20. The Morgan fingerprint density at radius 1 is 1.52 bits per heavy atom. The molecule has 0 unspecified atom stereocenters. The van der Waals surface area contributed by atoms with Gasteiger partial charge in [-0.05, 0) is 13.3 Å². The highest BCUT2D eigenvalue weighted by molar-refractivity contribution is 6.00. The number of carbonyl (C=O) groups excluding carboxylic acids is 2. The number of rotatable bonds is 2. The molecular weight excluding hydrogens is 274 g/mol. The summed E-state index contributed by atoms with van der Waals surface area (Å²) in [5.41, 5.74) is 0.854. The minimum absolute atomic E-state index is 0.0169. The van der Waals surface area contributed by atoms with E-state index in [2.05, 4.69) is 25.6 Å². The monoisotopic (exact) mass is 289 g/mol. The van der Waals surface area contributed by atoms with Crippen molar-refractivity contribution in [3.05, 3.63) is 23.9 Å². The van der Waals surface area contributed by atoms with Gasteiger partial charge in [0.25, 0.3) is 11.8 Å². The van der Waals surface area contributed by atoms with Crippen LogP contribution >= 0.6 is 0 Å². The normalized spacial score (nSPS) is 18.3. The molecule has 3 heterocycles. The minimum Gasteiger partial charge on any atom is -0.337 e. The zero-order valence-electron chi connectivity index (χ0n) is 11.7. The molecule has 0 aromatic carbocycles. The molecule has 9 heteroatoms. The number of hydrogen-bond donors (Lipinski definition) is 2. The summed E-state index contributed by atoms with van der Waals surface area (Å²) in [5.74, 6) is 0.0895. The average molecular weight is 289 g/mol. The van der Waals surface area contributed by atoms with E-state index in [1.54, 1.807) is 11.7 Å². The molecule has 2 N–H and O–H groups in total. The topological polar surface area (TPSA) is 109 Å². The number of likely N-dealkylation sites (N-methyl/N-ethyl adjacent to an activating group) is 1. The van der Waals surface area contributed by atoms with Crippen molar-refractivity contribution in [3.8, 4) is 0 Å². The van der Waals surface area contributed by atoms with Crippen LogP contribution in [0.2, 0.25) is 0 Å². The van der Waals surface area contributed by atoms with E-state index >= 15 is 0 Å². The first-order valence-corrected chi connectivity index (χ1v) is 6.55. The van der Waals surface area contributed by atoms with Gasteiger partial charge in [0.1, 0.15) is 18.2 Å². The summed E-state index contributed by atoms with van der Waals surface area (Å²) >= 11 is 0. The second-order valence-electron chi connectivity index (χ2n) is 4.90. The molecule has 0 bridgehead atoms. The Morgan fingerprint density at radius 3 is 3.05 bits per heavy atom. The molecule has 1 aliphatic heterocycles. The van der Waals surface area contributed by atoms with Crippen molar-refractivity contribution in [1.29, 1.82) is 0 Å². The number of fused-ring (bicyclic) bond motifs is 1. The number of anilines is 1. The predicted octanol–water partition coefficient (Wildman–Crippen LogP) is -0.525. The molecule has 9 nitrogen and oxygen atoms in total. The summed E-state index contributed by atoms with van der Waals surface area (Å²) in [5, 5.41) is 13.2. The highest BCUT2D eigenvalue weighted by Gasteiger charge is 2.30. The van der Waals surface area contributed by atoms with Crippen LogP contribution in [0.4, 0.5) is 5.82 Å². The fourth-order valence-corrected chi connectivity index (χ4v) is 2.36. The molecule has 0 aliphatic carbocycles. The number of carbonyl (C=O) groups is 2. The number of aryl methyl sites for hydroxylation is 2. The number of aromatic amines is 1. The van der Waals surface area contributed by atoms with Crippen LogP contribution in [0.15, 0.2) is 12.4 Å². The van der Waals surface area contributed by atoms with Gasteiger partial charge in [0.05, 0.1) is 5.69 Å². The fourth-order valence-electron chi connectivity index (χ4n) is 2.36. The van der Waals surface area contributed by atoms with Crippen LogP contribution in [0.5, 0.6) is 0 Å². The first-order valence-electron chi connectivity index (χ1n) is 6.55. The van der Waals surface area contributed by atoms with Crippen molar-refractivity contribution in [2.45, 2.75) is 25.9 Å². The molecule has 0 radical (unpaired) electrons. The Hall–Kier alpha value is -2.71. The van der Waals surface area contributed by atoms with E-state index in [9.17, 15) is 9.59 Å². The quantitative estimate of drug-likeness (QED) is 0.773. The number of amides is 2. The molecule has 0 spiro atoms. The molecule has 2 aromatic heterocycles. The van der Waals surface area contributed by atoms with Crippen molar-refractivity contribution in [3.63, 3.8) is 0 Å². The van der Waals surface area contributed by atoms with Crippen molar-refractivity contribution in [2.75, 3.05) is 11.9 Å². The lowest BCUT2D eigenvalue weighted by atomic mass is 10.2. The molecule has 2 amide bonds. The zero-order chi connectivity index (χ0) is 15.0. The van der Waals surface area contributed by atoms with Gasteiger partial charge in [0, 0.05) is 19.7 Å². The van der Waals surface area contributed by atoms with Crippen molar-refractivity contribution in [2.24, 2.45) is 0 Å². The summed E-state index contributed by atoms with van der Waals surface area (Å²) in [7, 11) is 1.67. The van der Waals surface area contributed by atoms with Gasteiger partial charge in [0.2, 0.25) is 5.82 Å². The van der Waals surface area contributed by atoms with E-state index in [-0.39, 0.29) is 11.7 Å². The lowest BCUT2D eigenvalue weighted by Crippen LogP contribution is -2.47.